The standard InChI is InChI=1S/C44H49N7O3/c1-24(2)40(50-43(53)54-5)42(52)51-23-44(16-17-44)20-37(51)41-46-22-36(49-41)30-12-8-28(9-13-30)32-15-14-31(38-33-18-25(3)19-34(48-33)39(32)38)27-6-10-29(11-7-27)35-21-45-26(4)47-35/h6-15,21-22,24-25,33-34,37,40,48H,16-20,23H2,1-5H3,(H,45,47)(H,46,49)(H,50,53)/t25?,33?,34?,37-,40-/m0/s1. The topological polar surface area (TPSA) is 128 Å². The normalized spacial score (nSPS) is 22.7. The van der Waals surface area contributed by atoms with E-state index in [9.17, 15) is 9.59 Å². The summed E-state index contributed by atoms with van der Waals surface area (Å²) < 4.78 is 4.84. The lowest BCUT2D eigenvalue weighted by Gasteiger charge is -2.30. The Morgan fingerprint density at radius 2 is 1.39 bits per heavy atom. The van der Waals surface area contributed by atoms with E-state index >= 15 is 0 Å². The molecule has 10 nitrogen and oxygen atoms in total. The fourth-order valence-electron chi connectivity index (χ4n) is 9.40. The largest absolute Gasteiger partial charge is 0.453 e. The van der Waals surface area contributed by atoms with Crippen LogP contribution in [0.2, 0.25) is 0 Å². The number of aromatic nitrogens is 4. The van der Waals surface area contributed by atoms with E-state index in [0.29, 0.717) is 24.5 Å². The molecule has 3 fully saturated rings. The summed E-state index contributed by atoms with van der Waals surface area (Å²) >= 11 is 0. The van der Waals surface area contributed by atoms with Crippen molar-refractivity contribution in [2.45, 2.75) is 84.0 Å². The zero-order chi connectivity index (χ0) is 37.3. The van der Waals surface area contributed by atoms with Gasteiger partial charge < -0.3 is 30.2 Å². The Kier molecular flexibility index (Phi) is 8.49. The number of aryl methyl sites for hydroxylation is 1. The molecule has 4 aliphatic rings. The summed E-state index contributed by atoms with van der Waals surface area (Å²) in [5.74, 6) is 2.19. The molecule has 3 aliphatic heterocycles. The van der Waals surface area contributed by atoms with E-state index in [1.165, 1.54) is 40.5 Å². The number of piperidine rings is 1. The van der Waals surface area contributed by atoms with Crippen molar-refractivity contribution in [1.82, 2.24) is 35.5 Å². The molecule has 5 aromatic rings. The number of fused-ring (bicyclic) bond motifs is 5. The molecule has 2 bridgehead atoms. The van der Waals surface area contributed by atoms with E-state index in [4.69, 9.17) is 9.72 Å². The fraction of sp³-hybridized carbons (Fsp3) is 0.409. The SMILES string of the molecule is COC(=O)N[C@H](C(=O)N1CC2(CC2)C[C@H]1c1ncc(-c2ccc(-c3ccc(-c4ccc(-c5cnc(C)[nH]5)cc4)c4c3C3CC(C)CC4N3)cc2)[nH]1)C(C)C. The molecule has 1 saturated carbocycles. The minimum Gasteiger partial charge on any atom is -0.453 e. The number of imidazole rings is 2. The van der Waals surface area contributed by atoms with Crippen LogP contribution in [-0.2, 0) is 9.53 Å². The van der Waals surface area contributed by atoms with Crippen molar-refractivity contribution in [1.29, 1.82) is 0 Å². The summed E-state index contributed by atoms with van der Waals surface area (Å²) in [6, 6.07) is 22.1. The zero-order valence-corrected chi connectivity index (χ0v) is 31.7. The molecular weight excluding hydrogens is 675 g/mol. The quantitative estimate of drug-likeness (QED) is 0.127. The summed E-state index contributed by atoms with van der Waals surface area (Å²) in [5, 5.41) is 6.75. The number of nitrogens with one attached hydrogen (secondary N) is 4. The Hall–Kier alpha value is -5.22. The van der Waals surface area contributed by atoms with Gasteiger partial charge in [0.15, 0.2) is 0 Å². The first-order valence-electron chi connectivity index (χ1n) is 19.5. The number of H-pyrrole nitrogens is 2. The summed E-state index contributed by atoms with van der Waals surface area (Å²) in [6.45, 7) is 8.93. The van der Waals surface area contributed by atoms with Crippen LogP contribution >= 0.6 is 0 Å². The lowest BCUT2D eigenvalue weighted by Crippen LogP contribution is -2.51. The van der Waals surface area contributed by atoms with Gasteiger partial charge >= 0.3 is 6.09 Å². The van der Waals surface area contributed by atoms with Gasteiger partial charge in [-0.2, -0.15) is 0 Å². The Morgan fingerprint density at radius 3 is 1.91 bits per heavy atom. The van der Waals surface area contributed by atoms with Crippen LogP contribution in [0.15, 0.2) is 73.1 Å². The minimum absolute atomic E-state index is 0.0837. The van der Waals surface area contributed by atoms with Crippen molar-refractivity contribution in [2.24, 2.45) is 17.3 Å². The summed E-state index contributed by atoms with van der Waals surface area (Å²) in [6.07, 6.45) is 8.55. The lowest BCUT2D eigenvalue weighted by molar-refractivity contribution is -0.135. The van der Waals surface area contributed by atoms with E-state index in [1.807, 2.05) is 38.1 Å². The van der Waals surface area contributed by atoms with E-state index in [-0.39, 0.29) is 23.3 Å². The first-order valence-corrected chi connectivity index (χ1v) is 19.5. The van der Waals surface area contributed by atoms with Gasteiger partial charge in [-0.1, -0.05) is 81.4 Å². The highest BCUT2D eigenvalue weighted by atomic mass is 16.5. The van der Waals surface area contributed by atoms with Crippen molar-refractivity contribution in [3.63, 3.8) is 0 Å². The molecule has 0 radical (unpaired) electrons. The number of carbonyl (C=O) groups is 2. The highest BCUT2D eigenvalue weighted by Crippen LogP contribution is 2.58. The summed E-state index contributed by atoms with van der Waals surface area (Å²) in [4.78, 5) is 44.2. The number of hydrogen-bond donors (Lipinski definition) is 4. The van der Waals surface area contributed by atoms with E-state index < -0.39 is 12.1 Å². The van der Waals surface area contributed by atoms with Gasteiger partial charge in [0.05, 0.1) is 36.9 Å². The number of rotatable bonds is 8. The van der Waals surface area contributed by atoms with Crippen molar-refractivity contribution < 1.29 is 14.3 Å². The monoisotopic (exact) mass is 723 g/mol. The third-order valence-corrected chi connectivity index (χ3v) is 12.4. The van der Waals surface area contributed by atoms with Crippen LogP contribution in [0.3, 0.4) is 0 Å². The van der Waals surface area contributed by atoms with E-state index in [2.05, 4.69) is 93.2 Å². The second-order valence-electron chi connectivity index (χ2n) is 16.6. The number of methoxy groups -OCH3 is 1. The molecule has 2 amide bonds. The van der Waals surface area contributed by atoms with E-state index in [0.717, 1.165) is 66.3 Å². The number of likely N-dealkylation sites (tertiary alicyclic amines) is 1. The molecule has 3 unspecified atom stereocenters. The molecule has 278 valence electrons. The maximum absolute atomic E-state index is 13.9. The zero-order valence-electron chi connectivity index (χ0n) is 31.7. The average Bonchev–Trinajstić information content (AvgIpc) is 3.53. The van der Waals surface area contributed by atoms with Gasteiger partial charge in [-0.15, -0.1) is 0 Å². The van der Waals surface area contributed by atoms with Crippen LogP contribution < -0.4 is 10.6 Å². The molecule has 5 atom stereocenters. The predicted molar refractivity (Wildman–Crippen MR) is 209 cm³/mol. The van der Waals surface area contributed by atoms with Crippen molar-refractivity contribution in [3.05, 3.63) is 95.8 Å². The minimum atomic E-state index is -0.665. The third-order valence-electron chi connectivity index (χ3n) is 12.4. The van der Waals surface area contributed by atoms with Crippen LogP contribution in [0.25, 0.3) is 44.8 Å². The second kappa shape index (κ2) is 13.3. The lowest BCUT2D eigenvalue weighted by atomic mass is 9.86. The highest BCUT2D eigenvalue weighted by molar-refractivity contribution is 5.87. The first kappa shape index (κ1) is 34.5. The molecule has 3 aromatic carbocycles. The molecule has 54 heavy (non-hydrogen) atoms. The molecule has 1 spiro atoms. The summed E-state index contributed by atoms with van der Waals surface area (Å²) in [5.41, 5.74) is 12.2. The first-order chi connectivity index (χ1) is 26.1. The van der Waals surface area contributed by atoms with E-state index in [1.54, 1.807) is 0 Å². The van der Waals surface area contributed by atoms with Crippen molar-refractivity contribution in [2.75, 3.05) is 13.7 Å². The van der Waals surface area contributed by atoms with Crippen LogP contribution in [0.1, 0.15) is 93.8 Å². The molecular formula is C44H49N7O3. The van der Waals surface area contributed by atoms with Gasteiger partial charge in [0.1, 0.15) is 17.7 Å². The molecule has 2 aromatic heterocycles. The second-order valence-corrected chi connectivity index (χ2v) is 16.6. The fourth-order valence-corrected chi connectivity index (χ4v) is 9.40. The maximum atomic E-state index is 13.9. The number of alkyl carbamates (subject to hydrolysis) is 1. The van der Waals surface area contributed by atoms with Crippen LogP contribution in [0, 0.1) is 24.2 Å². The smallest absolute Gasteiger partial charge is 0.407 e. The predicted octanol–water partition coefficient (Wildman–Crippen LogP) is 8.66. The number of carbonyl (C=O) groups excluding carboxylic acids is 2. The molecule has 4 N–H and O–H groups in total. The number of nitrogens with zero attached hydrogens (tertiary/aromatic N) is 3. The van der Waals surface area contributed by atoms with Crippen LogP contribution in [0.5, 0.6) is 0 Å². The van der Waals surface area contributed by atoms with Gasteiger partial charge in [-0.05, 0) is 101 Å². The number of ether oxygens (including phenoxy) is 1. The van der Waals surface area contributed by atoms with Gasteiger partial charge in [-0.3, -0.25) is 4.79 Å². The Balaban J connectivity index is 0.993. The third kappa shape index (κ3) is 6.10. The van der Waals surface area contributed by atoms with Crippen molar-refractivity contribution in [3.8, 4) is 44.8 Å². The number of aromatic amines is 2. The number of amides is 2. The average molecular weight is 724 g/mol. The summed E-state index contributed by atoms with van der Waals surface area (Å²) in [7, 11) is 1.32. The van der Waals surface area contributed by atoms with Gasteiger partial charge in [0, 0.05) is 18.6 Å². The molecule has 10 heteroatoms. The molecule has 9 rings (SSSR count). The number of hydrogen-bond acceptors (Lipinski definition) is 6. The number of benzene rings is 3. The Morgan fingerprint density at radius 1 is 0.833 bits per heavy atom. The van der Waals surface area contributed by atoms with Gasteiger partial charge in [0.25, 0.3) is 0 Å². The molecule has 1 aliphatic carbocycles. The van der Waals surface area contributed by atoms with Gasteiger partial charge in [-0.25, -0.2) is 14.8 Å². The highest BCUT2D eigenvalue weighted by Gasteiger charge is 2.55. The van der Waals surface area contributed by atoms with Crippen LogP contribution in [0.4, 0.5) is 4.79 Å². The molecule has 2 saturated heterocycles. The van der Waals surface area contributed by atoms with Crippen molar-refractivity contribution >= 4 is 12.0 Å². The Labute approximate surface area is 316 Å². The Bertz CT molecular complexity index is 2210. The molecule has 5 heterocycles. The van der Waals surface area contributed by atoms with Crippen LogP contribution in [-0.4, -0.2) is 56.5 Å². The van der Waals surface area contributed by atoms with Gasteiger partial charge in [0.2, 0.25) is 5.91 Å². The maximum Gasteiger partial charge on any atom is 0.407 e.